The van der Waals surface area contributed by atoms with Crippen molar-refractivity contribution >= 4 is 34.7 Å². The Labute approximate surface area is 156 Å². The molecule has 1 aliphatic heterocycles. The molecular weight excluding hydrogens is 354 g/mol. The number of aromatic nitrogens is 3. The number of ketones is 1. The van der Waals surface area contributed by atoms with E-state index < -0.39 is 0 Å². The van der Waals surface area contributed by atoms with Gasteiger partial charge in [0, 0.05) is 37.5 Å². The lowest BCUT2D eigenvalue weighted by atomic mass is 10.0. The first kappa shape index (κ1) is 17.2. The molecule has 0 aromatic carbocycles. The topological polar surface area (TPSA) is 91.2 Å². The van der Waals surface area contributed by atoms with Crippen LogP contribution in [0.3, 0.4) is 0 Å². The number of nitrogens with one attached hydrogen (secondary N) is 1. The van der Waals surface area contributed by atoms with Crippen LogP contribution in [0, 0.1) is 5.92 Å². The molecule has 136 valence electrons. The molecule has 8 heteroatoms. The highest BCUT2D eigenvalue weighted by atomic mass is 35.5. The summed E-state index contributed by atoms with van der Waals surface area (Å²) in [6, 6.07) is 3.55. The minimum Gasteiger partial charge on any atom is -0.391 e. The Hall–Kier alpha value is -2.25. The molecular formula is C18H20ClN5O2. The van der Waals surface area contributed by atoms with Crippen LogP contribution in [-0.2, 0) is 0 Å². The number of carbonyl (C=O) groups excluding carboxylic acids is 1. The van der Waals surface area contributed by atoms with Gasteiger partial charge in [-0.05, 0) is 43.4 Å². The summed E-state index contributed by atoms with van der Waals surface area (Å²) in [4.78, 5) is 27.1. The highest BCUT2D eigenvalue weighted by Gasteiger charge is 2.33. The molecule has 0 unspecified atom stereocenters. The van der Waals surface area contributed by atoms with Crippen molar-refractivity contribution in [2.45, 2.75) is 31.8 Å². The van der Waals surface area contributed by atoms with E-state index in [2.05, 4.69) is 25.2 Å². The van der Waals surface area contributed by atoms with Gasteiger partial charge in [0.25, 0.3) is 0 Å². The number of Topliss-reactive ketones (excluding diaryl/α,β-unsaturated/α-hetero) is 1. The Morgan fingerprint density at radius 1 is 1.27 bits per heavy atom. The number of rotatable bonds is 5. The molecule has 2 aromatic heterocycles. The summed E-state index contributed by atoms with van der Waals surface area (Å²) in [5.74, 6) is 1.36. The number of aliphatic hydroxyl groups excluding tert-OH is 1. The lowest BCUT2D eigenvalue weighted by molar-refractivity contribution is 0.0967. The molecule has 2 aromatic rings. The number of carbonyl (C=O) groups is 1. The highest BCUT2D eigenvalue weighted by Crippen LogP contribution is 2.36. The quantitative estimate of drug-likeness (QED) is 0.615. The fourth-order valence-corrected chi connectivity index (χ4v) is 3.39. The van der Waals surface area contributed by atoms with Crippen LogP contribution in [0.5, 0.6) is 0 Å². The van der Waals surface area contributed by atoms with Crippen LogP contribution in [-0.4, -0.2) is 45.0 Å². The van der Waals surface area contributed by atoms with E-state index in [0.29, 0.717) is 23.7 Å². The average Bonchev–Trinajstić information content (AvgIpc) is 3.46. The third-order valence-corrected chi connectivity index (χ3v) is 4.90. The van der Waals surface area contributed by atoms with E-state index in [4.69, 9.17) is 11.6 Å². The maximum atomic E-state index is 12.7. The minimum atomic E-state index is -0.377. The van der Waals surface area contributed by atoms with Gasteiger partial charge in [-0.2, -0.15) is 0 Å². The lowest BCUT2D eigenvalue weighted by Gasteiger charge is -2.33. The molecule has 1 saturated heterocycles. The van der Waals surface area contributed by atoms with Gasteiger partial charge in [-0.3, -0.25) is 4.79 Å². The van der Waals surface area contributed by atoms with Crippen LogP contribution in [0.2, 0.25) is 5.28 Å². The number of aliphatic hydroxyl groups is 1. The Morgan fingerprint density at radius 3 is 2.85 bits per heavy atom. The summed E-state index contributed by atoms with van der Waals surface area (Å²) in [7, 11) is 0. The summed E-state index contributed by atoms with van der Waals surface area (Å²) in [6.45, 7) is 1.33. The van der Waals surface area contributed by atoms with Crippen molar-refractivity contribution in [3.8, 4) is 0 Å². The molecule has 1 aliphatic carbocycles. The summed E-state index contributed by atoms with van der Waals surface area (Å²) >= 11 is 5.83. The van der Waals surface area contributed by atoms with Crippen LogP contribution in [0.4, 0.5) is 17.3 Å². The maximum absolute atomic E-state index is 12.7. The second-order valence-corrected chi connectivity index (χ2v) is 7.14. The number of nitrogens with zero attached hydrogens (tertiary/aromatic N) is 4. The van der Waals surface area contributed by atoms with E-state index in [0.717, 1.165) is 37.9 Å². The Morgan fingerprint density at radius 2 is 2.12 bits per heavy atom. The van der Waals surface area contributed by atoms with Crippen LogP contribution < -0.4 is 10.2 Å². The standard InChI is InChI=1S/C18H20ClN5O2/c19-18-20-6-5-15(23-18)22-16-8-14(24-7-1-2-12(25)10-24)13(9-21-16)17(26)11-3-4-11/h5-6,8-9,11-12,25H,1-4,7,10H2,(H,20,21,22,23)/t12-/m0/s1. The van der Waals surface area contributed by atoms with Gasteiger partial charge in [0.05, 0.1) is 17.4 Å². The van der Waals surface area contributed by atoms with Crippen molar-refractivity contribution in [1.29, 1.82) is 0 Å². The number of anilines is 3. The molecule has 2 aliphatic rings. The third-order valence-electron chi connectivity index (χ3n) is 4.72. The highest BCUT2D eigenvalue weighted by molar-refractivity contribution is 6.28. The zero-order chi connectivity index (χ0) is 18.1. The van der Waals surface area contributed by atoms with Gasteiger partial charge in [0.1, 0.15) is 11.6 Å². The van der Waals surface area contributed by atoms with Gasteiger partial charge < -0.3 is 15.3 Å². The van der Waals surface area contributed by atoms with Crippen molar-refractivity contribution < 1.29 is 9.90 Å². The van der Waals surface area contributed by atoms with Gasteiger partial charge in [-0.25, -0.2) is 15.0 Å². The van der Waals surface area contributed by atoms with Gasteiger partial charge in [0.15, 0.2) is 5.78 Å². The monoisotopic (exact) mass is 373 g/mol. The number of β-amino-alcohol motifs (C(OH)–C–C–N with tert-alkyl or cyclic N) is 1. The molecule has 1 saturated carbocycles. The SMILES string of the molecule is O=C(c1cnc(Nc2ccnc(Cl)n2)cc1N1CCC[C@H](O)C1)C1CC1. The number of hydrogen-bond acceptors (Lipinski definition) is 7. The van der Waals surface area contributed by atoms with Crippen LogP contribution in [0.15, 0.2) is 24.5 Å². The largest absolute Gasteiger partial charge is 0.391 e. The van der Waals surface area contributed by atoms with E-state index in [9.17, 15) is 9.90 Å². The van der Waals surface area contributed by atoms with E-state index >= 15 is 0 Å². The van der Waals surface area contributed by atoms with Crippen molar-refractivity contribution in [2.24, 2.45) is 5.92 Å². The second kappa shape index (κ2) is 7.17. The first-order valence-electron chi connectivity index (χ1n) is 8.83. The van der Waals surface area contributed by atoms with E-state index in [1.807, 2.05) is 6.07 Å². The fourth-order valence-electron chi connectivity index (χ4n) is 3.24. The average molecular weight is 374 g/mol. The fraction of sp³-hybridized carbons (Fsp3) is 0.444. The summed E-state index contributed by atoms with van der Waals surface area (Å²) in [6.07, 6.45) is 6.38. The molecule has 0 radical (unpaired) electrons. The number of halogens is 1. The van der Waals surface area contributed by atoms with E-state index in [1.54, 1.807) is 18.5 Å². The molecule has 26 heavy (non-hydrogen) atoms. The minimum absolute atomic E-state index is 0.116. The van der Waals surface area contributed by atoms with Crippen LogP contribution >= 0.6 is 11.6 Å². The van der Waals surface area contributed by atoms with Gasteiger partial charge >= 0.3 is 0 Å². The molecule has 0 bridgehead atoms. The first-order chi connectivity index (χ1) is 12.6. The number of hydrogen-bond donors (Lipinski definition) is 2. The normalized spacial score (nSPS) is 20.1. The predicted octanol–water partition coefficient (Wildman–Crippen LogP) is 2.82. The number of pyridine rings is 1. The van der Waals surface area contributed by atoms with Gasteiger partial charge in [-0.1, -0.05) is 0 Å². The number of piperidine rings is 1. The summed E-state index contributed by atoms with van der Waals surface area (Å²) in [5, 5.41) is 13.3. The Balaban J connectivity index is 1.66. The third kappa shape index (κ3) is 3.78. The summed E-state index contributed by atoms with van der Waals surface area (Å²) in [5.41, 5.74) is 1.45. The smallest absolute Gasteiger partial charge is 0.224 e. The Kier molecular flexibility index (Phi) is 4.74. The molecule has 2 N–H and O–H groups in total. The zero-order valence-corrected chi connectivity index (χ0v) is 15.0. The van der Waals surface area contributed by atoms with E-state index in [-0.39, 0.29) is 23.1 Å². The molecule has 1 atom stereocenters. The van der Waals surface area contributed by atoms with Crippen molar-refractivity contribution in [1.82, 2.24) is 15.0 Å². The predicted molar refractivity (Wildman–Crippen MR) is 99.1 cm³/mol. The summed E-state index contributed by atoms with van der Waals surface area (Å²) < 4.78 is 0. The molecule has 2 fully saturated rings. The molecule has 7 nitrogen and oxygen atoms in total. The molecule has 3 heterocycles. The molecule has 4 rings (SSSR count). The van der Waals surface area contributed by atoms with Crippen LogP contribution in [0.1, 0.15) is 36.0 Å². The molecule has 0 spiro atoms. The molecule has 0 amide bonds. The van der Waals surface area contributed by atoms with E-state index in [1.165, 1.54) is 0 Å². The van der Waals surface area contributed by atoms with Gasteiger partial charge in [0.2, 0.25) is 5.28 Å². The zero-order valence-electron chi connectivity index (χ0n) is 14.2. The van der Waals surface area contributed by atoms with Crippen molar-refractivity contribution in [3.63, 3.8) is 0 Å². The van der Waals surface area contributed by atoms with Crippen molar-refractivity contribution in [2.75, 3.05) is 23.3 Å². The van der Waals surface area contributed by atoms with Crippen LogP contribution in [0.25, 0.3) is 0 Å². The Bertz CT molecular complexity index is 827. The van der Waals surface area contributed by atoms with Gasteiger partial charge in [-0.15, -0.1) is 0 Å². The maximum Gasteiger partial charge on any atom is 0.224 e. The first-order valence-corrected chi connectivity index (χ1v) is 9.21. The lowest BCUT2D eigenvalue weighted by Crippen LogP contribution is -2.39. The van der Waals surface area contributed by atoms with Crippen molar-refractivity contribution in [3.05, 3.63) is 35.4 Å². The second-order valence-electron chi connectivity index (χ2n) is 6.80.